The van der Waals surface area contributed by atoms with Gasteiger partial charge in [0.05, 0.1) is 24.0 Å². The minimum atomic E-state index is -1.05. The molecule has 3 amide bonds. The fourth-order valence-corrected chi connectivity index (χ4v) is 6.23. The van der Waals surface area contributed by atoms with Gasteiger partial charge in [0.25, 0.3) is 17.7 Å². The summed E-state index contributed by atoms with van der Waals surface area (Å²) in [5, 5.41) is 2.55. The zero-order valence-electron chi connectivity index (χ0n) is 12.4. The summed E-state index contributed by atoms with van der Waals surface area (Å²) in [7, 11) is 0. The molecule has 1 atom stereocenters. The Morgan fingerprint density at radius 1 is 0.958 bits per heavy atom. The Morgan fingerprint density at radius 2 is 1.38 bits per heavy atom. The number of benzene rings is 1. The van der Waals surface area contributed by atoms with Gasteiger partial charge in [-0.3, -0.25) is 19.2 Å². The maximum atomic E-state index is 12.2. The van der Waals surface area contributed by atoms with Crippen molar-refractivity contribution in [2.45, 2.75) is 20.0 Å². The summed E-state index contributed by atoms with van der Waals surface area (Å²) in [5.41, 5.74) is 11.1. The average Bonchev–Trinajstić information content (AvgIpc) is 2.41. The quantitative estimate of drug-likeness (QED) is 0.323. The van der Waals surface area contributed by atoms with Crippen LogP contribution in [0.2, 0.25) is 0 Å². The van der Waals surface area contributed by atoms with Gasteiger partial charge in [-0.1, -0.05) is 0 Å². The van der Waals surface area contributed by atoms with Crippen molar-refractivity contribution in [2.24, 2.45) is 11.5 Å². The van der Waals surface area contributed by atoms with Crippen molar-refractivity contribution in [3.8, 4) is 0 Å². The van der Waals surface area contributed by atoms with Crippen LogP contribution in [-0.4, -0.2) is 29.8 Å². The maximum Gasteiger partial charge on any atom is 0.303 e. The predicted octanol–water partition coefficient (Wildman–Crippen LogP) is 1.59. The Balaban J connectivity index is 3.48. The van der Waals surface area contributed by atoms with Gasteiger partial charge in [0.15, 0.2) is 6.10 Å². The van der Waals surface area contributed by atoms with Crippen LogP contribution in [0, 0.1) is 10.7 Å². The monoisotopic (exact) mass is 671 g/mol. The van der Waals surface area contributed by atoms with E-state index < -0.39 is 29.8 Å². The molecule has 0 saturated carbocycles. The number of carbonyl (C=O) groups excluding carboxylic acids is 4. The Labute approximate surface area is 178 Å². The first kappa shape index (κ1) is 21.3. The van der Waals surface area contributed by atoms with E-state index in [2.05, 4.69) is 5.32 Å². The van der Waals surface area contributed by atoms with Gasteiger partial charge >= 0.3 is 5.97 Å². The van der Waals surface area contributed by atoms with Crippen molar-refractivity contribution < 1.29 is 23.9 Å². The van der Waals surface area contributed by atoms with Gasteiger partial charge in [-0.05, 0) is 74.7 Å². The summed E-state index contributed by atoms with van der Waals surface area (Å²) in [5.74, 6) is -2.74. The summed E-state index contributed by atoms with van der Waals surface area (Å²) < 4.78 is 5.84. The van der Waals surface area contributed by atoms with Crippen LogP contribution in [0.1, 0.15) is 34.6 Å². The molecular formula is C13H12I3N3O5. The first-order valence-corrected chi connectivity index (χ1v) is 9.50. The lowest BCUT2D eigenvalue weighted by Crippen LogP contribution is -2.31. The second-order valence-corrected chi connectivity index (χ2v) is 7.77. The highest BCUT2D eigenvalue weighted by molar-refractivity contribution is 14.1. The maximum absolute atomic E-state index is 12.2. The van der Waals surface area contributed by atoms with E-state index in [9.17, 15) is 19.2 Å². The molecule has 1 aromatic carbocycles. The Bertz CT molecular complexity index is 710. The molecule has 0 aliphatic carbocycles. The number of nitrogens with one attached hydrogen (secondary N) is 1. The number of rotatable bonds is 5. The summed E-state index contributed by atoms with van der Waals surface area (Å²) in [6.45, 7) is 2.58. The van der Waals surface area contributed by atoms with E-state index in [4.69, 9.17) is 16.2 Å². The van der Waals surface area contributed by atoms with Crippen LogP contribution in [0.15, 0.2) is 0 Å². The Kier molecular flexibility index (Phi) is 7.64. The van der Waals surface area contributed by atoms with Gasteiger partial charge in [0, 0.05) is 10.5 Å². The lowest BCUT2D eigenvalue weighted by molar-refractivity contribution is -0.150. The number of ether oxygens (including phenoxy) is 1. The SMILES string of the molecule is CC(=O)O[C@@H](C)C(=O)Nc1c(I)c(C(N)=O)c(I)c(C(N)=O)c1I. The van der Waals surface area contributed by atoms with Crippen molar-refractivity contribution in [3.05, 3.63) is 21.8 Å². The number of hydrogen-bond acceptors (Lipinski definition) is 5. The molecule has 0 radical (unpaired) electrons. The smallest absolute Gasteiger partial charge is 0.303 e. The highest BCUT2D eigenvalue weighted by atomic mass is 127. The normalized spacial score (nSPS) is 11.5. The predicted molar refractivity (Wildman–Crippen MR) is 111 cm³/mol. The van der Waals surface area contributed by atoms with Crippen LogP contribution in [0.25, 0.3) is 0 Å². The number of anilines is 1. The summed E-state index contributed by atoms with van der Waals surface area (Å²) in [6.07, 6.45) is -1.05. The molecule has 0 saturated heterocycles. The zero-order chi connectivity index (χ0) is 18.8. The van der Waals surface area contributed by atoms with Gasteiger partial charge in [-0.2, -0.15) is 0 Å². The molecular weight excluding hydrogens is 659 g/mol. The van der Waals surface area contributed by atoms with Gasteiger partial charge in [0.2, 0.25) is 0 Å². The fraction of sp³-hybridized carbons (Fsp3) is 0.231. The van der Waals surface area contributed by atoms with Gasteiger partial charge in [0.1, 0.15) is 0 Å². The van der Waals surface area contributed by atoms with Crippen molar-refractivity contribution >= 4 is 97.2 Å². The molecule has 0 aliphatic rings. The standard InChI is InChI=1S/C13H12I3N3O5/c1-3(24-4(2)20)13(23)19-10-8(15)5(11(17)21)7(14)6(9(10)16)12(18)22/h3H,1-2H3,(H2,17,21)(H2,18,22)(H,19,23)/t3-/m0/s1. The van der Waals surface area contributed by atoms with E-state index in [0.29, 0.717) is 10.7 Å². The topological polar surface area (TPSA) is 142 Å². The molecule has 0 bridgehead atoms. The van der Waals surface area contributed by atoms with E-state index in [0.717, 1.165) is 0 Å². The first-order chi connectivity index (χ1) is 11.0. The number of primary amides is 2. The van der Waals surface area contributed by atoms with Crippen LogP contribution in [0.4, 0.5) is 5.69 Å². The van der Waals surface area contributed by atoms with Crippen molar-refractivity contribution in [1.82, 2.24) is 0 Å². The van der Waals surface area contributed by atoms with E-state index in [1.165, 1.54) is 13.8 Å². The average molecular weight is 671 g/mol. The number of nitrogens with two attached hydrogens (primary N) is 2. The van der Waals surface area contributed by atoms with Crippen molar-refractivity contribution in [3.63, 3.8) is 0 Å². The Morgan fingerprint density at radius 3 is 1.71 bits per heavy atom. The Hall–Kier alpha value is -0.710. The fourth-order valence-electron chi connectivity index (χ4n) is 1.73. The number of halogens is 3. The molecule has 1 aromatic rings. The molecule has 0 unspecified atom stereocenters. The third kappa shape index (κ3) is 4.68. The van der Waals surface area contributed by atoms with Gasteiger partial charge in [-0.15, -0.1) is 0 Å². The molecule has 8 nitrogen and oxygen atoms in total. The number of amides is 3. The largest absolute Gasteiger partial charge is 0.453 e. The van der Waals surface area contributed by atoms with Crippen LogP contribution in [0.5, 0.6) is 0 Å². The second kappa shape index (κ2) is 8.59. The van der Waals surface area contributed by atoms with Crippen LogP contribution >= 0.6 is 67.8 Å². The van der Waals surface area contributed by atoms with E-state index in [1.54, 1.807) is 0 Å². The number of esters is 1. The zero-order valence-corrected chi connectivity index (χ0v) is 18.9. The summed E-state index contributed by atoms with van der Waals surface area (Å²) in [6, 6.07) is 0. The third-order valence-corrected chi connectivity index (χ3v) is 6.01. The molecule has 0 spiro atoms. The molecule has 0 fully saturated rings. The summed E-state index contributed by atoms with van der Waals surface area (Å²) >= 11 is 5.50. The highest BCUT2D eigenvalue weighted by Crippen LogP contribution is 2.35. The molecule has 11 heteroatoms. The van der Waals surface area contributed by atoms with Gasteiger partial charge < -0.3 is 21.5 Å². The molecule has 0 aromatic heterocycles. The molecule has 0 aliphatic heterocycles. The lowest BCUT2D eigenvalue weighted by atomic mass is 10.1. The van der Waals surface area contributed by atoms with E-state index in [-0.39, 0.29) is 16.8 Å². The van der Waals surface area contributed by atoms with Gasteiger partial charge in [-0.25, -0.2) is 0 Å². The van der Waals surface area contributed by atoms with Crippen molar-refractivity contribution in [1.29, 1.82) is 0 Å². The van der Waals surface area contributed by atoms with Crippen molar-refractivity contribution in [2.75, 3.05) is 5.32 Å². The third-order valence-electron chi connectivity index (χ3n) is 2.77. The minimum absolute atomic E-state index is 0.0841. The lowest BCUT2D eigenvalue weighted by Gasteiger charge is -2.19. The molecule has 5 N–H and O–H groups in total. The highest BCUT2D eigenvalue weighted by Gasteiger charge is 2.27. The van der Waals surface area contributed by atoms with Crippen LogP contribution in [-0.2, 0) is 14.3 Å². The van der Waals surface area contributed by atoms with Crippen LogP contribution in [0.3, 0.4) is 0 Å². The first-order valence-electron chi connectivity index (χ1n) is 6.27. The van der Waals surface area contributed by atoms with Crippen LogP contribution < -0.4 is 16.8 Å². The minimum Gasteiger partial charge on any atom is -0.453 e. The molecule has 24 heavy (non-hydrogen) atoms. The molecule has 0 heterocycles. The second-order valence-electron chi connectivity index (χ2n) is 4.54. The number of carbonyl (C=O) groups is 4. The summed E-state index contributed by atoms with van der Waals surface area (Å²) in [4.78, 5) is 46.6. The van der Waals surface area contributed by atoms with E-state index >= 15 is 0 Å². The molecule has 1 rings (SSSR count). The molecule has 130 valence electrons. The number of hydrogen-bond donors (Lipinski definition) is 3. The van der Waals surface area contributed by atoms with E-state index in [1.807, 2.05) is 67.8 Å².